The van der Waals surface area contributed by atoms with Crippen molar-refractivity contribution in [1.29, 1.82) is 0 Å². The Morgan fingerprint density at radius 2 is 2.22 bits per heavy atom. The number of amides is 1. The molecular formula is C13H26N2OS2. The van der Waals surface area contributed by atoms with Crippen molar-refractivity contribution < 1.29 is 4.79 Å². The summed E-state index contributed by atoms with van der Waals surface area (Å²) in [5, 5.41) is 3.65. The third kappa shape index (κ3) is 6.90. The molecule has 1 amide bonds. The quantitative estimate of drug-likeness (QED) is 0.752. The lowest BCUT2D eigenvalue weighted by Crippen LogP contribution is -2.35. The van der Waals surface area contributed by atoms with E-state index in [0.717, 1.165) is 18.7 Å². The van der Waals surface area contributed by atoms with Gasteiger partial charge in [-0.2, -0.15) is 23.5 Å². The Kier molecular flexibility index (Phi) is 8.18. The second-order valence-corrected chi connectivity index (χ2v) is 7.87. The highest BCUT2D eigenvalue weighted by molar-refractivity contribution is 8.06. The molecule has 0 radical (unpaired) electrons. The number of thioether (sulfide) groups is 2. The maximum absolute atomic E-state index is 11.9. The third-order valence-corrected chi connectivity index (χ3v) is 5.87. The lowest BCUT2D eigenvalue weighted by molar-refractivity contribution is -0.122. The molecule has 1 heterocycles. The van der Waals surface area contributed by atoms with Crippen LogP contribution in [0, 0.1) is 11.8 Å². The number of hydrogen-bond acceptors (Lipinski definition) is 4. The summed E-state index contributed by atoms with van der Waals surface area (Å²) in [5.41, 5.74) is 5.72. The van der Waals surface area contributed by atoms with E-state index in [4.69, 9.17) is 5.73 Å². The summed E-state index contributed by atoms with van der Waals surface area (Å²) in [7, 11) is 0. The molecule has 3 N–H and O–H groups in total. The molecule has 1 aliphatic heterocycles. The number of hydrogen-bond donors (Lipinski definition) is 2. The fourth-order valence-electron chi connectivity index (χ4n) is 2.15. The average Bonchev–Trinajstić information content (AvgIpc) is 2.36. The first kappa shape index (κ1) is 16.2. The average molecular weight is 290 g/mol. The minimum atomic E-state index is 0.169. The van der Waals surface area contributed by atoms with Gasteiger partial charge >= 0.3 is 0 Å². The molecule has 2 atom stereocenters. The topological polar surface area (TPSA) is 55.1 Å². The van der Waals surface area contributed by atoms with Gasteiger partial charge in [-0.25, -0.2) is 0 Å². The summed E-state index contributed by atoms with van der Waals surface area (Å²) >= 11 is 3.97. The highest BCUT2D eigenvalue weighted by Crippen LogP contribution is 2.23. The highest BCUT2D eigenvalue weighted by Gasteiger charge is 2.17. The Balaban J connectivity index is 2.18. The lowest BCUT2D eigenvalue weighted by Gasteiger charge is -2.22. The molecule has 0 aromatic rings. The zero-order valence-electron chi connectivity index (χ0n) is 11.5. The molecule has 106 valence electrons. The molecule has 0 aromatic heterocycles. The molecule has 0 spiro atoms. The van der Waals surface area contributed by atoms with E-state index in [1.165, 1.54) is 11.5 Å². The Labute approximate surface area is 119 Å². The first-order valence-corrected chi connectivity index (χ1v) is 8.98. The zero-order chi connectivity index (χ0) is 13.4. The van der Waals surface area contributed by atoms with Crippen LogP contribution < -0.4 is 11.1 Å². The van der Waals surface area contributed by atoms with Crippen molar-refractivity contribution >= 4 is 29.4 Å². The van der Waals surface area contributed by atoms with E-state index in [1.54, 1.807) is 0 Å². The van der Waals surface area contributed by atoms with Gasteiger partial charge < -0.3 is 11.1 Å². The predicted molar refractivity (Wildman–Crippen MR) is 83.2 cm³/mol. The van der Waals surface area contributed by atoms with Gasteiger partial charge in [0.2, 0.25) is 5.91 Å². The van der Waals surface area contributed by atoms with Gasteiger partial charge in [0, 0.05) is 35.5 Å². The van der Waals surface area contributed by atoms with Crippen LogP contribution >= 0.6 is 23.5 Å². The Bertz CT molecular complexity index is 243. The van der Waals surface area contributed by atoms with Gasteiger partial charge in [-0.05, 0) is 24.8 Å². The smallest absolute Gasteiger partial charge is 0.220 e. The molecule has 3 nitrogen and oxygen atoms in total. The Morgan fingerprint density at radius 3 is 2.78 bits per heavy atom. The van der Waals surface area contributed by atoms with Crippen LogP contribution in [-0.2, 0) is 4.79 Å². The minimum Gasteiger partial charge on any atom is -0.355 e. The molecule has 1 unspecified atom stereocenters. The number of carbonyl (C=O) groups is 1. The van der Waals surface area contributed by atoms with Crippen molar-refractivity contribution in [2.75, 3.05) is 30.3 Å². The number of carbonyl (C=O) groups excluding carboxylic acids is 1. The summed E-state index contributed by atoms with van der Waals surface area (Å²) < 4.78 is 0. The summed E-state index contributed by atoms with van der Waals surface area (Å²) in [4.78, 5) is 11.9. The Hall–Kier alpha value is 0.130. The van der Waals surface area contributed by atoms with Gasteiger partial charge in [-0.3, -0.25) is 4.79 Å². The molecular weight excluding hydrogens is 264 g/mol. The van der Waals surface area contributed by atoms with Crippen LogP contribution in [0.1, 0.15) is 26.7 Å². The molecule has 1 rings (SSSR count). The van der Waals surface area contributed by atoms with E-state index in [-0.39, 0.29) is 5.91 Å². The molecule has 0 saturated carbocycles. The van der Waals surface area contributed by atoms with Crippen molar-refractivity contribution in [1.82, 2.24) is 5.32 Å². The number of rotatable bonds is 7. The molecule has 0 bridgehead atoms. The normalized spacial score (nSPS) is 21.9. The van der Waals surface area contributed by atoms with E-state index < -0.39 is 0 Å². The first-order chi connectivity index (χ1) is 8.61. The van der Waals surface area contributed by atoms with Crippen LogP contribution in [0.15, 0.2) is 0 Å². The SMILES string of the molecule is CC(C)C[C@H](CN)CC(=O)NCC1CSCCS1. The van der Waals surface area contributed by atoms with Crippen LogP contribution in [0.2, 0.25) is 0 Å². The summed E-state index contributed by atoms with van der Waals surface area (Å²) in [6.07, 6.45) is 1.62. The molecule has 0 aromatic carbocycles. The fraction of sp³-hybridized carbons (Fsp3) is 0.923. The summed E-state index contributed by atoms with van der Waals surface area (Å²) in [6, 6.07) is 0. The van der Waals surface area contributed by atoms with Gasteiger partial charge in [0.25, 0.3) is 0 Å². The molecule has 1 fully saturated rings. The van der Waals surface area contributed by atoms with Crippen LogP contribution in [0.5, 0.6) is 0 Å². The van der Waals surface area contributed by atoms with E-state index >= 15 is 0 Å². The molecule has 1 saturated heterocycles. The van der Waals surface area contributed by atoms with E-state index in [1.807, 2.05) is 23.5 Å². The van der Waals surface area contributed by atoms with Gasteiger partial charge in [-0.15, -0.1) is 0 Å². The maximum atomic E-state index is 11.9. The van der Waals surface area contributed by atoms with Crippen LogP contribution in [0.25, 0.3) is 0 Å². The minimum absolute atomic E-state index is 0.169. The van der Waals surface area contributed by atoms with Gasteiger partial charge in [0.15, 0.2) is 0 Å². The second kappa shape index (κ2) is 9.10. The summed E-state index contributed by atoms with van der Waals surface area (Å²) in [5.74, 6) is 4.73. The lowest BCUT2D eigenvalue weighted by atomic mass is 9.94. The van der Waals surface area contributed by atoms with Crippen LogP contribution in [0.4, 0.5) is 0 Å². The first-order valence-electron chi connectivity index (χ1n) is 6.78. The zero-order valence-corrected chi connectivity index (χ0v) is 13.1. The standard InChI is InChI=1S/C13H26N2OS2/c1-10(2)5-11(7-14)6-13(16)15-8-12-9-17-3-4-18-12/h10-12H,3-9,14H2,1-2H3,(H,15,16)/t11-,12?/m0/s1. The van der Waals surface area contributed by atoms with Crippen molar-refractivity contribution in [2.24, 2.45) is 17.6 Å². The fourth-order valence-corrected chi connectivity index (χ4v) is 4.76. The van der Waals surface area contributed by atoms with E-state index in [2.05, 4.69) is 19.2 Å². The predicted octanol–water partition coefficient (Wildman–Crippen LogP) is 1.96. The molecule has 1 aliphatic rings. The molecule has 5 heteroatoms. The van der Waals surface area contributed by atoms with E-state index in [9.17, 15) is 4.79 Å². The van der Waals surface area contributed by atoms with Crippen LogP contribution in [0.3, 0.4) is 0 Å². The van der Waals surface area contributed by atoms with Crippen molar-refractivity contribution in [3.63, 3.8) is 0 Å². The van der Waals surface area contributed by atoms with Crippen LogP contribution in [-0.4, -0.2) is 41.5 Å². The number of nitrogens with two attached hydrogens (primary N) is 1. The second-order valence-electron chi connectivity index (χ2n) is 5.31. The number of nitrogens with one attached hydrogen (secondary N) is 1. The Morgan fingerprint density at radius 1 is 1.44 bits per heavy atom. The van der Waals surface area contributed by atoms with Crippen molar-refractivity contribution in [3.8, 4) is 0 Å². The largest absolute Gasteiger partial charge is 0.355 e. The molecule has 0 aliphatic carbocycles. The van der Waals surface area contributed by atoms with Crippen molar-refractivity contribution in [3.05, 3.63) is 0 Å². The summed E-state index contributed by atoms with van der Waals surface area (Å²) in [6.45, 7) is 5.78. The van der Waals surface area contributed by atoms with Gasteiger partial charge in [0.05, 0.1) is 0 Å². The maximum Gasteiger partial charge on any atom is 0.220 e. The third-order valence-electron chi connectivity index (χ3n) is 3.02. The molecule has 18 heavy (non-hydrogen) atoms. The van der Waals surface area contributed by atoms with E-state index in [0.29, 0.717) is 30.1 Å². The van der Waals surface area contributed by atoms with Gasteiger partial charge in [-0.1, -0.05) is 13.8 Å². The monoisotopic (exact) mass is 290 g/mol. The van der Waals surface area contributed by atoms with Crippen molar-refractivity contribution in [2.45, 2.75) is 31.9 Å². The van der Waals surface area contributed by atoms with Gasteiger partial charge in [0.1, 0.15) is 0 Å². The highest BCUT2D eigenvalue weighted by atomic mass is 32.2.